The van der Waals surface area contributed by atoms with E-state index in [4.69, 9.17) is 0 Å². The molecule has 0 spiro atoms. The summed E-state index contributed by atoms with van der Waals surface area (Å²) in [6.45, 7) is 6.40. The zero-order valence-electron chi connectivity index (χ0n) is 13.0. The van der Waals surface area contributed by atoms with Crippen LogP contribution in [0.1, 0.15) is 16.8 Å². The molecule has 0 amide bonds. The number of aromatic nitrogens is 3. The first-order chi connectivity index (χ1) is 10.6. The Hall–Kier alpha value is -2.68. The second-order valence-corrected chi connectivity index (χ2v) is 5.86. The number of hydrogen-bond donors (Lipinski definition) is 1. The Labute approximate surface area is 129 Å². The summed E-state index contributed by atoms with van der Waals surface area (Å²) >= 11 is 0. The van der Waals surface area contributed by atoms with Gasteiger partial charge in [-0.3, -0.25) is 0 Å². The van der Waals surface area contributed by atoms with E-state index in [9.17, 15) is 0 Å². The lowest BCUT2D eigenvalue weighted by Gasteiger charge is -2.02. The molecule has 108 valence electrons. The summed E-state index contributed by atoms with van der Waals surface area (Å²) in [5, 5.41) is 1.28. The molecule has 2 aromatic heterocycles. The smallest absolute Gasteiger partial charge is 0.237 e. The van der Waals surface area contributed by atoms with E-state index in [2.05, 4.69) is 71.7 Å². The zero-order chi connectivity index (χ0) is 15.3. The van der Waals surface area contributed by atoms with Gasteiger partial charge in [-0.15, -0.1) is 0 Å². The lowest BCUT2D eigenvalue weighted by molar-refractivity contribution is -0.566. The highest BCUT2D eigenvalue weighted by Gasteiger charge is 2.18. The van der Waals surface area contributed by atoms with Gasteiger partial charge in [0.15, 0.2) is 6.20 Å². The van der Waals surface area contributed by atoms with Gasteiger partial charge in [-0.25, -0.2) is 4.98 Å². The fourth-order valence-electron chi connectivity index (χ4n) is 3.07. The second-order valence-electron chi connectivity index (χ2n) is 5.86. The first kappa shape index (κ1) is 13.0. The molecule has 0 saturated heterocycles. The molecule has 0 atom stereocenters. The maximum Gasteiger partial charge on any atom is 0.237 e. The normalized spacial score (nSPS) is 11.4. The van der Waals surface area contributed by atoms with Crippen molar-refractivity contribution in [3.05, 3.63) is 65.6 Å². The van der Waals surface area contributed by atoms with Crippen molar-refractivity contribution in [1.82, 2.24) is 9.97 Å². The van der Waals surface area contributed by atoms with Crippen LogP contribution in [-0.4, -0.2) is 9.97 Å². The van der Waals surface area contributed by atoms with Crippen LogP contribution in [0.4, 0.5) is 0 Å². The number of aryl methyl sites for hydroxylation is 3. The molecule has 0 bridgehead atoms. The molecule has 0 saturated carbocycles. The molecular formula is C19H18N3+. The van der Waals surface area contributed by atoms with E-state index in [1.165, 1.54) is 27.7 Å². The summed E-state index contributed by atoms with van der Waals surface area (Å²) in [6.07, 6.45) is 3.89. The van der Waals surface area contributed by atoms with Crippen molar-refractivity contribution < 1.29 is 4.57 Å². The molecule has 0 fully saturated rings. The maximum absolute atomic E-state index is 4.48. The van der Waals surface area contributed by atoms with Crippen molar-refractivity contribution in [2.75, 3.05) is 0 Å². The van der Waals surface area contributed by atoms with Gasteiger partial charge < -0.3 is 4.98 Å². The third-order valence-electron chi connectivity index (χ3n) is 4.40. The quantitative estimate of drug-likeness (QED) is 0.529. The highest BCUT2D eigenvalue weighted by atomic mass is 15.0. The van der Waals surface area contributed by atoms with Crippen LogP contribution < -0.4 is 4.57 Å². The van der Waals surface area contributed by atoms with E-state index < -0.39 is 0 Å². The van der Waals surface area contributed by atoms with Crippen LogP contribution in [0.5, 0.6) is 0 Å². The SMILES string of the molecule is Cc1ccc2ncc[n+](-c3cccc4c(C)c(C)[nH]c34)c2c1. The van der Waals surface area contributed by atoms with Crippen LogP contribution in [0.25, 0.3) is 27.6 Å². The van der Waals surface area contributed by atoms with Crippen LogP contribution in [-0.2, 0) is 0 Å². The molecule has 22 heavy (non-hydrogen) atoms. The lowest BCUT2D eigenvalue weighted by Crippen LogP contribution is -2.31. The van der Waals surface area contributed by atoms with E-state index in [1.807, 2.05) is 12.4 Å². The Kier molecular flexibility index (Phi) is 2.76. The topological polar surface area (TPSA) is 32.6 Å². The van der Waals surface area contributed by atoms with Crippen LogP contribution in [0, 0.1) is 20.8 Å². The molecule has 4 aromatic rings. The Morgan fingerprint density at radius 1 is 1.05 bits per heavy atom. The van der Waals surface area contributed by atoms with Crippen LogP contribution in [0.3, 0.4) is 0 Å². The lowest BCUT2D eigenvalue weighted by atomic mass is 10.1. The van der Waals surface area contributed by atoms with Crippen molar-refractivity contribution in [2.45, 2.75) is 20.8 Å². The molecule has 0 radical (unpaired) electrons. The summed E-state index contributed by atoms with van der Waals surface area (Å²) in [7, 11) is 0. The largest absolute Gasteiger partial charge is 0.353 e. The van der Waals surface area contributed by atoms with Gasteiger partial charge in [-0.05, 0) is 38.0 Å². The Balaban J connectivity index is 2.12. The van der Waals surface area contributed by atoms with Gasteiger partial charge in [-0.1, -0.05) is 18.2 Å². The molecule has 0 aliphatic rings. The van der Waals surface area contributed by atoms with Crippen molar-refractivity contribution in [1.29, 1.82) is 0 Å². The molecule has 0 aliphatic carbocycles. The number of benzene rings is 2. The Morgan fingerprint density at radius 2 is 1.91 bits per heavy atom. The standard InChI is InChI=1S/C19H18N3/c1-12-7-8-16-18(11-12)22(10-9-20-16)17-6-4-5-15-13(2)14(3)21-19(15)17/h4-11,21H,1-3H3/q+1. The monoisotopic (exact) mass is 288 g/mol. The zero-order valence-corrected chi connectivity index (χ0v) is 13.0. The number of rotatable bonds is 1. The number of aromatic amines is 1. The summed E-state index contributed by atoms with van der Waals surface area (Å²) in [6, 6.07) is 12.8. The highest BCUT2D eigenvalue weighted by Crippen LogP contribution is 2.25. The van der Waals surface area contributed by atoms with Gasteiger partial charge in [0.1, 0.15) is 11.0 Å². The first-order valence-electron chi connectivity index (χ1n) is 7.50. The van der Waals surface area contributed by atoms with Crippen LogP contribution >= 0.6 is 0 Å². The first-order valence-corrected chi connectivity index (χ1v) is 7.50. The molecule has 2 heterocycles. The molecule has 3 heteroatoms. The number of fused-ring (bicyclic) bond motifs is 2. The average Bonchev–Trinajstić information content (AvgIpc) is 2.82. The number of para-hydroxylation sites is 1. The predicted molar refractivity (Wildman–Crippen MR) is 89.3 cm³/mol. The second kappa shape index (κ2) is 4.67. The third-order valence-corrected chi connectivity index (χ3v) is 4.40. The molecule has 2 aromatic carbocycles. The van der Waals surface area contributed by atoms with Gasteiger partial charge in [-0.2, -0.15) is 4.57 Å². The van der Waals surface area contributed by atoms with Crippen molar-refractivity contribution in [2.24, 2.45) is 0 Å². The molecule has 3 nitrogen and oxygen atoms in total. The molecular weight excluding hydrogens is 270 g/mol. The van der Waals surface area contributed by atoms with E-state index in [0.29, 0.717) is 0 Å². The summed E-state index contributed by atoms with van der Waals surface area (Å²) in [5.41, 5.74) is 8.23. The van der Waals surface area contributed by atoms with E-state index in [-0.39, 0.29) is 0 Å². The average molecular weight is 288 g/mol. The van der Waals surface area contributed by atoms with Gasteiger partial charge in [0.25, 0.3) is 0 Å². The minimum absolute atomic E-state index is 1.00. The highest BCUT2D eigenvalue weighted by molar-refractivity contribution is 5.90. The van der Waals surface area contributed by atoms with Crippen molar-refractivity contribution in [3.8, 4) is 5.69 Å². The minimum atomic E-state index is 1.00. The Bertz CT molecular complexity index is 1010. The van der Waals surface area contributed by atoms with Gasteiger partial charge >= 0.3 is 0 Å². The van der Waals surface area contributed by atoms with Gasteiger partial charge in [0.2, 0.25) is 11.2 Å². The van der Waals surface area contributed by atoms with E-state index in [1.54, 1.807) is 0 Å². The van der Waals surface area contributed by atoms with Gasteiger partial charge in [0, 0.05) is 23.2 Å². The predicted octanol–water partition coefficient (Wildman–Crippen LogP) is 3.92. The number of hydrogen-bond acceptors (Lipinski definition) is 1. The molecule has 4 rings (SSSR count). The molecule has 0 aliphatic heterocycles. The van der Waals surface area contributed by atoms with Crippen molar-refractivity contribution >= 4 is 21.9 Å². The van der Waals surface area contributed by atoms with Gasteiger partial charge in [0.05, 0.1) is 6.20 Å². The van der Waals surface area contributed by atoms with Crippen molar-refractivity contribution in [3.63, 3.8) is 0 Å². The Morgan fingerprint density at radius 3 is 2.77 bits per heavy atom. The van der Waals surface area contributed by atoms with Crippen LogP contribution in [0.2, 0.25) is 0 Å². The van der Waals surface area contributed by atoms with E-state index in [0.717, 1.165) is 16.7 Å². The number of H-pyrrole nitrogens is 1. The van der Waals surface area contributed by atoms with E-state index >= 15 is 0 Å². The number of nitrogens with zero attached hydrogens (tertiary/aromatic N) is 2. The summed E-state index contributed by atoms with van der Waals surface area (Å²) in [4.78, 5) is 8.01. The maximum atomic E-state index is 4.48. The molecule has 0 unspecified atom stereocenters. The summed E-state index contributed by atoms with van der Waals surface area (Å²) in [5.74, 6) is 0. The molecule has 1 N–H and O–H groups in total. The fraction of sp³-hybridized carbons (Fsp3) is 0.158. The summed E-state index contributed by atoms with van der Waals surface area (Å²) < 4.78 is 2.22. The minimum Gasteiger partial charge on any atom is -0.353 e. The third kappa shape index (κ3) is 1.82. The van der Waals surface area contributed by atoms with Crippen LogP contribution in [0.15, 0.2) is 48.8 Å². The number of nitrogens with one attached hydrogen (secondary N) is 1. The fourth-order valence-corrected chi connectivity index (χ4v) is 3.07.